The molecule has 3 rings (SSSR count). The Labute approximate surface area is 133 Å². The average molecular weight is 334 g/mol. The number of carboxylic acid groups (broad SMARTS) is 1. The molecule has 2 aromatic heterocycles. The zero-order valence-corrected chi connectivity index (χ0v) is 12.2. The molecule has 2 heterocycles. The summed E-state index contributed by atoms with van der Waals surface area (Å²) in [6, 6.07) is 4.70. The van der Waals surface area contributed by atoms with Crippen LogP contribution < -0.4 is 10.9 Å². The largest absolute Gasteiger partial charge is 0.465 e. The predicted octanol–water partition coefficient (Wildman–Crippen LogP) is 1.85. The van der Waals surface area contributed by atoms with Crippen LogP contribution in [0.4, 0.5) is 13.6 Å². The lowest BCUT2D eigenvalue weighted by Crippen LogP contribution is -2.30. The molecule has 7 nitrogen and oxygen atoms in total. The summed E-state index contributed by atoms with van der Waals surface area (Å²) in [4.78, 5) is 27.2. The van der Waals surface area contributed by atoms with Gasteiger partial charge in [0.25, 0.3) is 5.56 Å². The van der Waals surface area contributed by atoms with E-state index in [1.54, 1.807) is 6.07 Å². The SMILES string of the molecule is O=C(O)NC(Cc1cc(F)cc(F)c1)c1cc(=O)n2[nH]ccc2n1. The molecule has 0 aliphatic carbocycles. The number of aromatic nitrogens is 3. The maximum atomic E-state index is 13.3. The Morgan fingerprint density at radius 2 is 2.00 bits per heavy atom. The molecule has 0 bridgehead atoms. The van der Waals surface area contributed by atoms with Crippen molar-refractivity contribution >= 4 is 11.7 Å². The predicted molar refractivity (Wildman–Crippen MR) is 79.8 cm³/mol. The molecule has 0 spiro atoms. The van der Waals surface area contributed by atoms with Crippen molar-refractivity contribution < 1.29 is 18.7 Å². The summed E-state index contributed by atoms with van der Waals surface area (Å²) >= 11 is 0. The van der Waals surface area contributed by atoms with Crippen LogP contribution >= 0.6 is 0 Å². The highest BCUT2D eigenvalue weighted by Gasteiger charge is 2.19. The molecule has 1 unspecified atom stereocenters. The van der Waals surface area contributed by atoms with Crippen molar-refractivity contribution in [2.75, 3.05) is 0 Å². The third-order valence-electron chi connectivity index (χ3n) is 3.42. The third kappa shape index (κ3) is 3.24. The zero-order chi connectivity index (χ0) is 17.3. The first-order valence-corrected chi connectivity index (χ1v) is 6.94. The van der Waals surface area contributed by atoms with Gasteiger partial charge < -0.3 is 10.4 Å². The molecule has 0 aliphatic rings. The van der Waals surface area contributed by atoms with Gasteiger partial charge in [0.2, 0.25) is 0 Å². The van der Waals surface area contributed by atoms with Gasteiger partial charge in [-0.3, -0.25) is 9.89 Å². The van der Waals surface area contributed by atoms with E-state index in [9.17, 15) is 18.4 Å². The van der Waals surface area contributed by atoms with E-state index in [1.807, 2.05) is 0 Å². The fraction of sp³-hybridized carbons (Fsp3) is 0.133. The van der Waals surface area contributed by atoms with Crippen molar-refractivity contribution in [2.45, 2.75) is 12.5 Å². The van der Waals surface area contributed by atoms with Crippen LogP contribution in [0.15, 0.2) is 41.3 Å². The van der Waals surface area contributed by atoms with Crippen molar-refractivity contribution in [1.82, 2.24) is 19.9 Å². The van der Waals surface area contributed by atoms with E-state index in [-0.39, 0.29) is 17.7 Å². The minimum absolute atomic E-state index is 0.0615. The number of H-pyrrole nitrogens is 1. The number of fused-ring (bicyclic) bond motifs is 1. The van der Waals surface area contributed by atoms with E-state index < -0.39 is 29.3 Å². The molecule has 0 saturated carbocycles. The Balaban J connectivity index is 2.01. The summed E-state index contributed by atoms with van der Waals surface area (Å²) in [5, 5.41) is 13.9. The Morgan fingerprint density at radius 1 is 1.29 bits per heavy atom. The summed E-state index contributed by atoms with van der Waals surface area (Å²) in [5.74, 6) is -1.54. The first-order valence-electron chi connectivity index (χ1n) is 6.94. The van der Waals surface area contributed by atoms with Crippen molar-refractivity contribution in [3.8, 4) is 0 Å². The smallest absolute Gasteiger partial charge is 0.405 e. The molecule has 1 amide bonds. The maximum absolute atomic E-state index is 13.3. The summed E-state index contributed by atoms with van der Waals surface area (Å²) < 4.78 is 27.8. The lowest BCUT2D eigenvalue weighted by atomic mass is 10.0. The highest BCUT2D eigenvalue weighted by molar-refractivity contribution is 5.65. The first kappa shape index (κ1) is 15.7. The Kier molecular flexibility index (Phi) is 3.98. The molecule has 3 N–H and O–H groups in total. The molecule has 0 aliphatic heterocycles. The lowest BCUT2D eigenvalue weighted by molar-refractivity contribution is 0.189. The van der Waals surface area contributed by atoms with Gasteiger partial charge in [0, 0.05) is 24.4 Å². The van der Waals surface area contributed by atoms with Crippen molar-refractivity contribution in [3.05, 3.63) is 69.8 Å². The Hall–Kier alpha value is -3.23. The number of amides is 1. The van der Waals surface area contributed by atoms with Crippen LogP contribution in [0.5, 0.6) is 0 Å². The van der Waals surface area contributed by atoms with Gasteiger partial charge in [-0.25, -0.2) is 23.1 Å². The molecular formula is C15H12F2N4O3. The standard InChI is InChI=1S/C15H12F2N4O3/c16-9-3-8(4-10(17)6-9)5-11(20-15(23)24)12-7-14(22)21-13(19-12)1-2-18-21/h1-4,6-7,11,18,20H,5H2,(H,23,24). The van der Waals surface area contributed by atoms with Crippen LogP contribution in [0.1, 0.15) is 17.3 Å². The van der Waals surface area contributed by atoms with E-state index in [2.05, 4.69) is 15.4 Å². The van der Waals surface area contributed by atoms with Gasteiger partial charge in [0.05, 0.1) is 11.7 Å². The highest BCUT2D eigenvalue weighted by Crippen LogP contribution is 2.18. The number of benzene rings is 1. The monoisotopic (exact) mass is 334 g/mol. The van der Waals surface area contributed by atoms with Gasteiger partial charge in [-0.15, -0.1) is 0 Å². The van der Waals surface area contributed by atoms with Gasteiger partial charge in [-0.1, -0.05) is 0 Å². The number of hydrogen-bond acceptors (Lipinski definition) is 3. The summed E-state index contributed by atoms with van der Waals surface area (Å²) in [6.45, 7) is 0. The van der Waals surface area contributed by atoms with Crippen LogP contribution in [-0.2, 0) is 6.42 Å². The first-order chi connectivity index (χ1) is 11.4. The lowest BCUT2D eigenvalue weighted by Gasteiger charge is -2.16. The number of carbonyl (C=O) groups is 1. The number of rotatable bonds is 4. The van der Waals surface area contributed by atoms with E-state index in [0.717, 1.165) is 18.2 Å². The number of hydrogen-bond donors (Lipinski definition) is 3. The van der Waals surface area contributed by atoms with Gasteiger partial charge in [-0.2, -0.15) is 0 Å². The molecule has 0 saturated heterocycles. The third-order valence-corrected chi connectivity index (χ3v) is 3.42. The van der Waals surface area contributed by atoms with Gasteiger partial charge in [0.15, 0.2) is 5.65 Å². The molecule has 1 aromatic carbocycles. The molecule has 124 valence electrons. The van der Waals surface area contributed by atoms with E-state index >= 15 is 0 Å². The molecular weight excluding hydrogens is 322 g/mol. The van der Waals surface area contributed by atoms with Crippen LogP contribution in [0.3, 0.4) is 0 Å². The zero-order valence-electron chi connectivity index (χ0n) is 12.2. The molecule has 0 fully saturated rings. The van der Waals surface area contributed by atoms with Crippen molar-refractivity contribution in [3.63, 3.8) is 0 Å². The van der Waals surface area contributed by atoms with E-state index in [1.165, 1.54) is 16.8 Å². The topological polar surface area (TPSA) is 99.5 Å². The van der Waals surface area contributed by atoms with Crippen LogP contribution in [0, 0.1) is 11.6 Å². The number of nitrogens with zero attached hydrogens (tertiary/aromatic N) is 2. The van der Waals surface area contributed by atoms with Crippen LogP contribution in [0.25, 0.3) is 5.65 Å². The van der Waals surface area contributed by atoms with Crippen molar-refractivity contribution in [1.29, 1.82) is 0 Å². The quantitative estimate of drug-likeness (QED) is 0.678. The molecule has 0 radical (unpaired) electrons. The van der Waals surface area contributed by atoms with Crippen LogP contribution in [-0.4, -0.2) is 25.8 Å². The van der Waals surface area contributed by atoms with Gasteiger partial charge >= 0.3 is 6.09 Å². The number of nitrogens with one attached hydrogen (secondary N) is 2. The minimum Gasteiger partial charge on any atom is -0.465 e. The normalized spacial score (nSPS) is 12.2. The fourth-order valence-electron chi connectivity index (χ4n) is 2.47. The Morgan fingerprint density at radius 3 is 2.67 bits per heavy atom. The average Bonchev–Trinajstić information content (AvgIpc) is 2.94. The minimum atomic E-state index is -1.34. The summed E-state index contributed by atoms with van der Waals surface area (Å²) in [7, 11) is 0. The maximum Gasteiger partial charge on any atom is 0.405 e. The molecule has 9 heteroatoms. The van der Waals surface area contributed by atoms with E-state index in [0.29, 0.717) is 5.65 Å². The second-order valence-corrected chi connectivity index (χ2v) is 5.16. The van der Waals surface area contributed by atoms with Gasteiger partial charge in [-0.05, 0) is 24.1 Å². The fourth-order valence-corrected chi connectivity index (χ4v) is 2.47. The molecule has 3 aromatic rings. The second-order valence-electron chi connectivity index (χ2n) is 5.16. The van der Waals surface area contributed by atoms with Crippen molar-refractivity contribution in [2.24, 2.45) is 0 Å². The molecule has 1 atom stereocenters. The number of halogens is 2. The van der Waals surface area contributed by atoms with E-state index in [4.69, 9.17) is 5.11 Å². The Bertz CT molecular complexity index is 947. The summed E-state index contributed by atoms with van der Waals surface area (Å²) in [5.41, 5.74) is 0.275. The number of aromatic amines is 1. The van der Waals surface area contributed by atoms with Crippen LogP contribution in [0.2, 0.25) is 0 Å². The summed E-state index contributed by atoms with van der Waals surface area (Å²) in [6.07, 6.45) is 0.108. The molecule has 24 heavy (non-hydrogen) atoms. The second kappa shape index (κ2) is 6.11. The highest BCUT2D eigenvalue weighted by atomic mass is 19.1. The van der Waals surface area contributed by atoms with Gasteiger partial charge in [0.1, 0.15) is 11.6 Å².